The molecular weight excluding hydrogens is 326 g/mol. The molecule has 4 nitrogen and oxygen atoms in total. The number of nitrogens with zero attached hydrogens (tertiary/aromatic N) is 1. The van der Waals surface area contributed by atoms with Crippen molar-refractivity contribution in [1.82, 2.24) is 0 Å². The molecule has 0 amide bonds. The van der Waals surface area contributed by atoms with Crippen LogP contribution in [0.3, 0.4) is 0 Å². The van der Waals surface area contributed by atoms with Gasteiger partial charge in [-0.15, -0.1) is 0 Å². The van der Waals surface area contributed by atoms with Crippen LogP contribution in [0.5, 0.6) is 5.75 Å². The highest BCUT2D eigenvalue weighted by Crippen LogP contribution is 2.24. The lowest BCUT2D eigenvalue weighted by atomic mass is 10.2. The number of hydrogen-bond acceptors (Lipinski definition) is 4. The van der Waals surface area contributed by atoms with Gasteiger partial charge < -0.3 is 9.47 Å². The van der Waals surface area contributed by atoms with Crippen LogP contribution in [0.4, 0.5) is 0 Å². The van der Waals surface area contributed by atoms with Crippen LogP contribution in [-0.4, -0.2) is 18.5 Å². The molecule has 0 aromatic heterocycles. The Kier molecular flexibility index (Phi) is 4.96. The number of rotatable bonds is 5. The van der Waals surface area contributed by atoms with E-state index in [4.69, 9.17) is 21.1 Å². The highest BCUT2D eigenvalue weighted by Gasteiger charge is 2.25. The number of ether oxygens (including phenoxy) is 2. The molecule has 0 radical (unpaired) electrons. The van der Waals surface area contributed by atoms with Gasteiger partial charge in [-0.2, -0.15) is 0 Å². The number of halogens is 1. The minimum atomic E-state index is -0.490. The van der Waals surface area contributed by atoms with E-state index in [2.05, 4.69) is 11.9 Å². The van der Waals surface area contributed by atoms with E-state index in [1.54, 1.807) is 18.2 Å². The molecule has 1 heterocycles. The van der Waals surface area contributed by atoms with E-state index in [9.17, 15) is 4.79 Å². The number of aliphatic imine (C=N–C) groups is 1. The molecule has 122 valence electrons. The first-order valence-corrected chi connectivity index (χ1v) is 8.05. The van der Waals surface area contributed by atoms with Gasteiger partial charge in [0, 0.05) is 0 Å². The molecule has 0 saturated heterocycles. The van der Waals surface area contributed by atoms with E-state index in [1.165, 1.54) is 0 Å². The van der Waals surface area contributed by atoms with Crippen molar-refractivity contribution in [2.45, 2.75) is 13.3 Å². The van der Waals surface area contributed by atoms with Crippen molar-refractivity contribution in [3.8, 4) is 5.75 Å². The second-order valence-corrected chi connectivity index (χ2v) is 5.64. The summed E-state index contributed by atoms with van der Waals surface area (Å²) in [5.41, 5.74) is 1.68. The molecule has 0 N–H and O–H groups in total. The zero-order chi connectivity index (χ0) is 16.9. The van der Waals surface area contributed by atoms with Gasteiger partial charge in [0.05, 0.1) is 17.2 Å². The van der Waals surface area contributed by atoms with Crippen LogP contribution < -0.4 is 4.74 Å². The molecule has 0 spiro atoms. The first-order chi connectivity index (χ1) is 11.7. The van der Waals surface area contributed by atoms with Crippen LogP contribution >= 0.6 is 11.6 Å². The summed E-state index contributed by atoms with van der Waals surface area (Å²) in [6.45, 7) is 2.73. The molecule has 1 aliphatic rings. The van der Waals surface area contributed by atoms with Gasteiger partial charge in [0.2, 0.25) is 5.90 Å². The van der Waals surface area contributed by atoms with Gasteiger partial charge in [0.15, 0.2) is 5.70 Å². The van der Waals surface area contributed by atoms with Crippen molar-refractivity contribution in [2.75, 3.05) is 6.61 Å². The number of benzene rings is 2. The number of carbonyl (C=O) groups is 1. The lowest BCUT2D eigenvalue weighted by molar-refractivity contribution is -0.129. The molecule has 3 rings (SSSR count). The first-order valence-electron chi connectivity index (χ1n) is 7.67. The summed E-state index contributed by atoms with van der Waals surface area (Å²) in [5, 5.41) is 0.489. The van der Waals surface area contributed by atoms with Crippen molar-refractivity contribution in [2.24, 2.45) is 4.99 Å². The lowest BCUT2D eigenvalue weighted by Gasteiger charge is -2.04. The maximum absolute atomic E-state index is 12.0. The molecule has 2 aromatic carbocycles. The molecule has 0 saturated carbocycles. The Balaban J connectivity index is 1.82. The van der Waals surface area contributed by atoms with Crippen LogP contribution in [0.25, 0.3) is 6.08 Å². The second-order valence-electron chi connectivity index (χ2n) is 5.23. The molecule has 0 aliphatic carbocycles. The zero-order valence-corrected chi connectivity index (χ0v) is 13.9. The quantitative estimate of drug-likeness (QED) is 0.595. The summed E-state index contributed by atoms with van der Waals surface area (Å²) in [4.78, 5) is 16.3. The monoisotopic (exact) mass is 341 g/mol. The molecule has 24 heavy (non-hydrogen) atoms. The van der Waals surface area contributed by atoms with E-state index in [0.717, 1.165) is 17.7 Å². The van der Waals surface area contributed by atoms with E-state index in [0.29, 0.717) is 17.2 Å². The highest BCUT2D eigenvalue weighted by atomic mass is 35.5. The van der Waals surface area contributed by atoms with Crippen molar-refractivity contribution in [3.05, 3.63) is 70.4 Å². The standard InChI is InChI=1S/C19H16ClNO3/c1-2-11-23-14-9-7-13(8-10-14)12-17-19(22)24-18(21-17)15-5-3-4-6-16(15)20/h3-10,12H,2,11H2,1H3. The number of hydrogen-bond donors (Lipinski definition) is 0. The zero-order valence-electron chi connectivity index (χ0n) is 13.2. The van der Waals surface area contributed by atoms with E-state index >= 15 is 0 Å². The second kappa shape index (κ2) is 7.32. The van der Waals surface area contributed by atoms with Gasteiger partial charge >= 0.3 is 5.97 Å². The van der Waals surface area contributed by atoms with Crippen molar-refractivity contribution < 1.29 is 14.3 Å². The fourth-order valence-electron chi connectivity index (χ4n) is 2.20. The minimum Gasteiger partial charge on any atom is -0.494 e. The molecule has 0 atom stereocenters. The van der Waals surface area contributed by atoms with Gasteiger partial charge in [-0.3, -0.25) is 0 Å². The average molecular weight is 342 g/mol. The largest absolute Gasteiger partial charge is 0.494 e. The summed E-state index contributed by atoms with van der Waals surface area (Å²) in [5.74, 6) is 0.532. The Morgan fingerprint density at radius 2 is 1.92 bits per heavy atom. The number of cyclic esters (lactones) is 1. The summed E-state index contributed by atoms with van der Waals surface area (Å²) in [6, 6.07) is 14.6. The van der Waals surface area contributed by atoms with Crippen molar-refractivity contribution >= 4 is 29.5 Å². The molecule has 0 unspecified atom stereocenters. The van der Waals surface area contributed by atoms with Crippen molar-refractivity contribution in [3.63, 3.8) is 0 Å². The van der Waals surface area contributed by atoms with Gasteiger partial charge in [-0.25, -0.2) is 9.79 Å². The Morgan fingerprint density at radius 3 is 2.62 bits per heavy atom. The van der Waals surface area contributed by atoms with Gasteiger partial charge in [-0.05, 0) is 42.3 Å². The summed E-state index contributed by atoms with van der Waals surface area (Å²) in [7, 11) is 0. The molecular formula is C19H16ClNO3. The van der Waals surface area contributed by atoms with Gasteiger partial charge in [-0.1, -0.05) is 42.8 Å². The third kappa shape index (κ3) is 3.66. The SMILES string of the molecule is CCCOc1ccc(C=C2N=C(c3ccccc3Cl)OC2=O)cc1. The Hall–Kier alpha value is -2.59. The summed E-state index contributed by atoms with van der Waals surface area (Å²) < 4.78 is 10.8. The molecule has 2 aromatic rings. The van der Waals surface area contributed by atoms with Crippen LogP contribution in [0, 0.1) is 0 Å². The third-order valence-corrected chi connectivity index (χ3v) is 3.71. The van der Waals surface area contributed by atoms with Crippen LogP contribution in [0.1, 0.15) is 24.5 Å². The van der Waals surface area contributed by atoms with Crippen LogP contribution in [0.15, 0.2) is 59.2 Å². The van der Waals surface area contributed by atoms with Crippen LogP contribution in [0.2, 0.25) is 5.02 Å². The first kappa shape index (κ1) is 16.3. The van der Waals surface area contributed by atoms with E-state index < -0.39 is 5.97 Å². The average Bonchev–Trinajstić information content (AvgIpc) is 2.95. The summed E-state index contributed by atoms with van der Waals surface area (Å²) in [6.07, 6.45) is 2.63. The predicted octanol–water partition coefficient (Wildman–Crippen LogP) is 4.47. The fourth-order valence-corrected chi connectivity index (χ4v) is 2.41. The minimum absolute atomic E-state index is 0.222. The summed E-state index contributed by atoms with van der Waals surface area (Å²) >= 11 is 6.11. The fraction of sp³-hybridized carbons (Fsp3) is 0.158. The Bertz CT molecular complexity index is 810. The predicted molar refractivity (Wildman–Crippen MR) is 94.3 cm³/mol. The number of esters is 1. The maximum Gasteiger partial charge on any atom is 0.363 e. The van der Waals surface area contributed by atoms with Crippen molar-refractivity contribution in [1.29, 1.82) is 0 Å². The van der Waals surface area contributed by atoms with E-state index in [1.807, 2.05) is 36.4 Å². The Morgan fingerprint density at radius 1 is 1.17 bits per heavy atom. The topological polar surface area (TPSA) is 47.9 Å². The molecule has 0 bridgehead atoms. The lowest BCUT2D eigenvalue weighted by Crippen LogP contribution is -2.05. The Labute approximate surface area is 145 Å². The normalized spacial score (nSPS) is 15.3. The van der Waals surface area contributed by atoms with E-state index in [-0.39, 0.29) is 11.6 Å². The van der Waals surface area contributed by atoms with Gasteiger partial charge in [0.25, 0.3) is 0 Å². The van der Waals surface area contributed by atoms with Gasteiger partial charge in [0.1, 0.15) is 5.75 Å². The highest BCUT2D eigenvalue weighted by molar-refractivity contribution is 6.34. The van der Waals surface area contributed by atoms with Crippen LogP contribution in [-0.2, 0) is 9.53 Å². The molecule has 5 heteroatoms. The molecule has 0 fully saturated rings. The third-order valence-electron chi connectivity index (χ3n) is 3.38. The maximum atomic E-state index is 12.0. The molecule has 1 aliphatic heterocycles. The number of carbonyl (C=O) groups excluding carboxylic acids is 1. The smallest absolute Gasteiger partial charge is 0.363 e.